The van der Waals surface area contributed by atoms with Crippen LogP contribution >= 0.6 is 0 Å². The predicted octanol–water partition coefficient (Wildman–Crippen LogP) is 5.16. The van der Waals surface area contributed by atoms with Crippen LogP contribution in [0.3, 0.4) is 0 Å². The van der Waals surface area contributed by atoms with Crippen molar-refractivity contribution in [3.63, 3.8) is 0 Å². The maximum Gasteiger partial charge on any atom is 0.262 e. The van der Waals surface area contributed by atoms with Gasteiger partial charge < -0.3 is 0 Å². The summed E-state index contributed by atoms with van der Waals surface area (Å²) >= 11 is 0. The van der Waals surface area contributed by atoms with E-state index in [1.165, 1.54) is 9.80 Å². The highest BCUT2D eigenvalue weighted by Gasteiger charge is 2.44. The Bertz CT molecular complexity index is 1420. The van der Waals surface area contributed by atoms with Crippen molar-refractivity contribution in [2.75, 3.05) is 0 Å². The molecular formula is C28H22N2O4. The predicted molar refractivity (Wildman–Crippen MR) is 130 cm³/mol. The van der Waals surface area contributed by atoms with Crippen LogP contribution in [0.25, 0.3) is 32.3 Å². The molecule has 2 heterocycles. The van der Waals surface area contributed by atoms with Crippen LogP contribution in [0, 0.1) is 0 Å². The number of carbonyl (C=O) groups is 4. The first-order valence-electron chi connectivity index (χ1n) is 11.4. The number of rotatable bonds is 2. The Balaban J connectivity index is 1.98. The Morgan fingerprint density at radius 2 is 0.706 bits per heavy atom. The van der Waals surface area contributed by atoms with E-state index < -0.39 is 23.6 Å². The van der Waals surface area contributed by atoms with E-state index in [1.54, 1.807) is 0 Å². The molecular weight excluding hydrogens is 428 g/mol. The van der Waals surface area contributed by atoms with Crippen molar-refractivity contribution in [2.45, 2.75) is 39.8 Å². The van der Waals surface area contributed by atoms with E-state index in [0.29, 0.717) is 54.6 Å². The van der Waals surface area contributed by atoms with Gasteiger partial charge in [0.25, 0.3) is 23.6 Å². The van der Waals surface area contributed by atoms with Crippen LogP contribution in [-0.2, 0) is 0 Å². The van der Waals surface area contributed by atoms with Crippen LogP contribution in [0.2, 0.25) is 0 Å². The fourth-order valence-electron chi connectivity index (χ4n) is 5.62. The Morgan fingerprint density at radius 1 is 0.471 bits per heavy atom. The van der Waals surface area contributed by atoms with Crippen LogP contribution in [0.15, 0.2) is 48.5 Å². The Morgan fingerprint density at radius 3 is 0.912 bits per heavy atom. The minimum Gasteiger partial charge on any atom is -0.272 e. The SMILES string of the molecule is CC(C)N1C(=O)c2c3ccccc3c3c4c(c5ccccc5c(c24)C1=O)C(=O)N(C(C)C)C3=O. The lowest BCUT2D eigenvalue weighted by Crippen LogP contribution is -2.47. The normalized spacial score (nSPS) is 15.7. The third-order valence-corrected chi connectivity index (χ3v) is 6.94. The summed E-state index contributed by atoms with van der Waals surface area (Å²) in [6, 6.07) is 13.8. The Labute approximate surface area is 195 Å². The minimum absolute atomic E-state index is 0.354. The summed E-state index contributed by atoms with van der Waals surface area (Å²) in [5.74, 6) is -1.60. The maximum absolute atomic E-state index is 13.8. The molecule has 4 amide bonds. The molecule has 0 bridgehead atoms. The van der Waals surface area contributed by atoms with Crippen molar-refractivity contribution in [1.82, 2.24) is 9.80 Å². The average molecular weight is 450 g/mol. The van der Waals surface area contributed by atoms with E-state index >= 15 is 0 Å². The second-order valence-electron chi connectivity index (χ2n) is 9.49. The molecule has 6 rings (SSSR count). The lowest BCUT2D eigenvalue weighted by molar-refractivity contribution is 0.0545. The number of carbonyl (C=O) groups excluding carboxylic acids is 4. The van der Waals surface area contributed by atoms with Gasteiger partial charge in [0.05, 0.1) is 22.3 Å². The molecule has 0 saturated carbocycles. The quantitative estimate of drug-likeness (QED) is 0.313. The first-order valence-corrected chi connectivity index (χ1v) is 11.4. The van der Waals surface area contributed by atoms with Gasteiger partial charge in [-0.25, -0.2) is 0 Å². The van der Waals surface area contributed by atoms with Gasteiger partial charge in [0.2, 0.25) is 0 Å². The van der Waals surface area contributed by atoms with Gasteiger partial charge in [0.1, 0.15) is 0 Å². The van der Waals surface area contributed by atoms with Crippen LogP contribution in [0.5, 0.6) is 0 Å². The third kappa shape index (κ3) is 2.30. The second kappa shape index (κ2) is 6.73. The van der Waals surface area contributed by atoms with Gasteiger partial charge in [-0.15, -0.1) is 0 Å². The van der Waals surface area contributed by atoms with E-state index in [9.17, 15) is 19.2 Å². The molecule has 0 spiro atoms. The minimum atomic E-state index is -0.400. The second-order valence-corrected chi connectivity index (χ2v) is 9.49. The highest BCUT2D eigenvalue weighted by molar-refractivity contribution is 6.43. The van der Waals surface area contributed by atoms with Crippen molar-refractivity contribution in [3.05, 3.63) is 70.8 Å². The molecule has 0 radical (unpaired) electrons. The van der Waals surface area contributed by atoms with Crippen molar-refractivity contribution in [1.29, 1.82) is 0 Å². The molecule has 0 N–H and O–H groups in total. The van der Waals surface area contributed by atoms with E-state index in [0.717, 1.165) is 0 Å². The first kappa shape index (κ1) is 20.5. The molecule has 0 fully saturated rings. The van der Waals surface area contributed by atoms with E-state index in [-0.39, 0.29) is 12.1 Å². The molecule has 0 atom stereocenters. The molecule has 34 heavy (non-hydrogen) atoms. The maximum atomic E-state index is 13.8. The van der Waals surface area contributed by atoms with Gasteiger partial charge in [-0.3, -0.25) is 29.0 Å². The van der Waals surface area contributed by atoms with Crippen molar-refractivity contribution < 1.29 is 19.2 Å². The smallest absolute Gasteiger partial charge is 0.262 e. The number of nitrogens with zero attached hydrogens (tertiary/aromatic N) is 2. The van der Waals surface area contributed by atoms with Gasteiger partial charge in [0, 0.05) is 22.9 Å². The molecule has 168 valence electrons. The largest absolute Gasteiger partial charge is 0.272 e. The van der Waals surface area contributed by atoms with Crippen LogP contribution in [0.4, 0.5) is 0 Å². The molecule has 6 nitrogen and oxygen atoms in total. The van der Waals surface area contributed by atoms with Gasteiger partial charge in [-0.1, -0.05) is 48.5 Å². The Kier molecular flexibility index (Phi) is 4.07. The number of amides is 4. The van der Waals surface area contributed by atoms with Crippen LogP contribution in [-0.4, -0.2) is 45.5 Å². The van der Waals surface area contributed by atoms with Gasteiger partial charge in [0.15, 0.2) is 0 Å². The van der Waals surface area contributed by atoms with Gasteiger partial charge in [-0.2, -0.15) is 0 Å². The lowest BCUT2D eigenvalue weighted by Gasteiger charge is -2.36. The average Bonchev–Trinajstić information content (AvgIpc) is 2.79. The van der Waals surface area contributed by atoms with E-state index in [1.807, 2.05) is 76.2 Å². The zero-order valence-corrected chi connectivity index (χ0v) is 19.3. The number of fused-ring (bicyclic) bond motifs is 6. The van der Waals surface area contributed by atoms with E-state index in [4.69, 9.17) is 0 Å². The summed E-state index contributed by atoms with van der Waals surface area (Å²) in [5, 5.41) is 3.28. The summed E-state index contributed by atoms with van der Waals surface area (Å²) in [4.78, 5) is 57.7. The monoisotopic (exact) mass is 450 g/mol. The standard InChI is InChI=1S/C28H22N2O4/c1-13(2)29-25(31)19-15-9-5-7-11-17(15)21-24-22(28(34)30(14(3)4)27(21)33)18-12-8-6-10-16(18)20(23(19)24)26(29)32/h5-14H,1-4H3. The molecule has 2 aliphatic heterocycles. The fraction of sp³-hybridized carbons (Fsp3) is 0.214. The number of benzene rings is 4. The molecule has 0 aliphatic carbocycles. The molecule has 6 heteroatoms. The summed E-state index contributed by atoms with van der Waals surface area (Å²) in [6.45, 7) is 7.23. The summed E-state index contributed by atoms with van der Waals surface area (Å²) in [6.07, 6.45) is 0. The zero-order valence-electron chi connectivity index (χ0n) is 19.3. The summed E-state index contributed by atoms with van der Waals surface area (Å²) < 4.78 is 0. The summed E-state index contributed by atoms with van der Waals surface area (Å²) in [5.41, 5.74) is 1.51. The van der Waals surface area contributed by atoms with E-state index in [2.05, 4.69) is 0 Å². The van der Waals surface area contributed by atoms with Gasteiger partial charge >= 0.3 is 0 Å². The highest BCUT2D eigenvalue weighted by Crippen LogP contribution is 2.47. The first-order chi connectivity index (χ1) is 16.3. The third-order valence-electron chi connectivity index (χ3n) is 6.94. The summed E-state index contributed by atoms with van der Waals surface area (Å²) in [7, 11) is 0. The Hall–Kier alpha value is -4.06. The molecule has 2 aliphatic rings. The van der Waals surface area contributed by atoms with Crippen LogP contribution < -0.4 is 0 Å². The topological polar surface area (TPSA) is 74.8 Å². The van der Waals surface area contributed by atoms with Crippen LogP contribution in [0.1, 0.15) is 69.1 Å². The zero-order chi connectivity index (χ0) is 24.0. The number of hydrogen-bond donors (Lipinski definition) is 0. The number of hydrogen-bond acceptors (Lipinski definition) is 4. The molecule has 0 aromatic heterocycles. The van der Waals surface area contributed by atoms with Crippen molar-refractivity contribution in [2.24, 2.45) is 0 Å². The molecule has 4 aromatic rings. The fourth-order valence-corrected chi connectivity index (χ4v) is 5.62. The lowest BCUT2D eigenvalue weighted by atomic mass is 9.78. The molecule has 4 aromatic carbocycles. The van der Waals surface area contributed by atoms with Gasteiger partial charge in [-0.05, 0) is 49.2 Å². The molecule has 0 saturated heterocycles. The molecule has 0 unspecified atom stereocenters. The number of imide groups is 2. The van der Waals surface area contributed by atoms with Crippen molar-refractivity contribution in [3.8, 4) is 0 Å². The highest BCUT2D eigenvalue weighted by atomic mass is 16.2. The van der Waals surface area contributed by atoms with Crippen molar-refractivity contribution >= 4 is 55.9 Å².